The average molecular weight is 335 g/mol. The zero-order valence-corrected chi connectivity index (χ0v) is 12.8. The van der Waals surface area contributed by atoms with Gasteiger partial charge >= 0.3 is 0 Å². The van der Waals surface area contributed by atoms with Crippen LogP contribution in [0.1, 0.15) is 30.6 Å². The summed E-state index contributed by atoms with van der Waals surface area (Å²) in [5, 5.41) is 12.6. The van der Waals surface area contributed by atoms with E-state index in [1.54, 1.807) is 12.1 Å². The fourth-order valence-corrected chi connectivity index (χ4v) is 2.22. The van der Waals surface area contributed by atoms with Crippen molar-refractivity contribution in [1.29, 1.82) is 0 Å². The molecule has 0 spiro atoms. The lowest BCUT2D eigenvalue weighted by atomic mass is 10.0. The van der Waals surface area contributed by atoms with Gasteiger partial charge in [-0.3, -0.25) is 4.79 Å². The number of amides is 1. The molecule has 1 amide bonds. The summed E-state index contributed by atoms with van der Waals surface area (Å²) in [5.74, 6) is 0.483. The molecule has 100 valence electrons. The van der Waals surface area contributed by atoms with Crippen LogP contribution in [0.3, 0.4) is 0 Å². The van der Waals surface area contributed by atoms with Crippen molar-refractivity contribution in [3.8, 4) is 5.75 Å². The number of carbonyl (C=O) groups excluding carboxylic acids is 1. The average Bonchev–Trinajstić information content (AvgIpc) is 2.31. The molecule has 0 saturated carbocycles. The Balaban J connectivity index is 2.83. The molecular formula is C13H17BrClNO2. The molecule has 0 radical (unpaired) electrons. The van der Waals surface area contributed by atoms with Gasteiger partial charge in [0, 0.05) is 16.4 Å². The van der Waals surface area contributed by atoms with E-state index < -0.39 is 0 Å². The lowest BCUT2D eigenvalue weighted by molar-refractivity contribution is 0.0922. The highest BCUT2D eigenvalue weighted by Gasteiger charge is 2.18. The lowest BCUT2D eigenvalue weighted by Crippen LogP contribution is -2.38. The Labute approximate surface area is 121 Å². The summed E-state index contributed by atoms with van der Waals surface area (Å²) in [6, 6.07) is 4.78. The fourth-order valence-electron chi connectivity index (χ4n) is 1.63. The van der Waals surface area contributed by atoms with E-state index in [0.29, 0.717) is 18.2 Å². The summed E-state index contributed by atoms with van der Waals surface area (Å²) in [4.78, 5) is 12.1. The number of hydrogen-bond donors (Lipinski definition) is 2. The van der Waals surface area contributed by atoms with Crippen molar-refractivity contribution < 1.29 is 9.90 Å². The Kier molecular flexibility index (Phi) is 5.96. The molecule has 0 aliphatic heterocycles. The Morgan fingerprint density at radius 2 is 2.17 bits per heavy atom. The Hall–Kier alpha value is -0.740. The van der Waals surface area contributed by atoms with Gasteiger partial charge in [0.1, 0.15) is 5.75 Å². The van der Waals surface area contributed by atoms with Crippen LogP contribution < -0.4 is 5.32 Å². The minimum Gasteiger partial charge on any atom is -0.507 e. The van der Waals surface area contributed by atoms with Gasteiger partial charge in [0.25, 0.3) is 5.91 Å². The van der Waals surface area contributed by atoms with Gasteiger partial charge < -0.3 is 10.4 Å². The van der Waals surface area contributed by atoms with Gasteiger partial charge in [0.2, 0.25) is 0 Å². The van der Waals surface area contributed by atoms with Crippen LogP contribution >= 0.6 is 27.5 Å². The number of hydrogen-bond acceptors (Lipinski definition) is 2. The third kappa shape index (κ3) is 4.18. The van der Waals surface area contributed by atoms with E-state index in [1.807, 2.05) is 13.8 Å². The van der Waals surface area contributed by atoms with Crippen molar-refractivity contribution >= 4 is 33.4 Å². The molecule has 1 unspecified atom stereocenters. The predicted octanol–water partition coefficient (Wildman–Crippen LogP) is 3.54. The molecule has 0 bridgehead atoms. The summed E-state index contributed by atoms with van der Waals surface area (Å²) < 4.78 is 0.754. The van der Waals surface area contributed by atoms with Gasteiger partial charge in [0.05, 0.1) is 5.56 Å². The number of benzene rings is 1. The van der Waals surface area contributed by atoms with Gasteiger partial charge in [-0.2, -0.15) is 0 Å². The Bertz CT molecular complexity index is 423. The van der Waals surface area contributed by atoms with E-state index in [4.69, 9.17) is 11.6 Å². The first-order chi connectivity index (χ1) is 8.45. The van der Waals surface area contributed by atoms with Gasteiger partial charge in [0.15, 0.2) is 0 Å². The van der Waals surface area contributed by atoms with Crippen molar-refractivity contribution in [1.82, 2.24) is 5.32 Å². The van der Waals surface area contributed by atoms with Gasteiger partial charge in [-0.25, -0.2) is 0 Å². The van der Waals surface area contributed by atoms with E-state index in [0.717, 1.165) is 4.47 Å². The van der Waals surface area contributed by atoms with Crippen molar-refractivity contribution in [2.75, 3.05) is 5.88 Å². The largest absolute Gasteiger partial charge is 0.507 e. The molecule has 18 heavy (non-hydrogen) atoms. The minimum absolute atomic E-state index is 0.00776. The third-order valence-electron chi connectivity index (χ3n) is 2.74. The van der Waals surface area contributed by atoms with Crippen molar-refractivity contribution in [3.05, 3.63) is 28.2 Å². The van der Waals surface area contributed by atoms with Crippen molar-refractivity contribution in [3.63, 3.8) is 0 Å². The molecule has 1 aromatic carbocycles. The number of alkyl halides is 1. The molecule has 2 N–H and O–H groups in total. The smallest absolute Gasteiger partial charge is 0.255 e. The maximum atomic E-state index is 12.1. The summed E-state index contributed by atoms with van der Waals surface area (Å²) >= 11 is 9.00. The quantitative estimate of drug-likeness (QED) is 0.809. The highest BCUT2D eigenvalue weighted by atomic mass is 79.9. The number of rotatable bonds is 5. The highest BCUT2D eigenvalue weighted by molar-refractivity contribution is 9.10. The predicted molar refractivity (Wildman–Crippen MR) is 77.2 cm³/mol. The zero-order valence-electron chi connectivity index (χ0n) is 10.4. The fraction of sp³-hybridized carbons (Fsp3) is 0.462. The molecule has 1 rings (SSSR count). The number of aromatic hydroxyl groups is 1. The van der Waals surface area contributed by atoms with Crippen LogP contribution in [0.4, 0.5) is 0 Å². The van der Waals surface area contributed by atoms with E-state index in [9.17, 15) is 9.90 Å². The summed E-state index contributed by atoms with van der Waals surface area (Å²) in [6.07, 6.45) is 0.708. The van der Waals surface area contributed by atoms with Crippen LogP contribution in [0.25, 0.3) is 0 Å². The number of phenols is 1. The van der Waals surface area contributed by atoms with Crippen molar-refractivity contribution in [2.45, 2.75) is 26.3 Å². The molecule has 0 aliphatic rings. The van der Waals surface area contributed by atoms with Crippen molar-refractivity contribution in [2.24, 2.45) is 5.92 Å². The molecule has 1 atom stereocenters. The molecule has 1 aromatic rings. The molecule has 0 aromatic heterocycles. The lowest BCUT2D eigenvalue weighted by Gasteiger charge is -2.21. The van der Waals surface area contributed by atoms with Crippen LogP contribution in [-0.2, 0) is 0 Å². The van der Waals surface area contributed by atoms with Gasteiger partial charge in [-0.05, 0) is 30.5 Å². The molecule has 0 heterocycles. The summed E-state index contributed by atoms with van der Waals surface area (Å²) in [6.45, 7) is 4.05. The second-order valence-corrected chi connectivity index (χ2v) is 5.76. The first-order valence-electron chi connectivity index (χ1n) is 5.81. The first-order valence-corrected chi connectivity index (χ1v) is 7.13. The topological polar surface area (TPSA) is 49.3 Å². The van der Waals surface area contributed by atoms with Gasteiger partial charge in [-0.15, -0.1) is 11.6 Å². The number of nitrogens with one attached hydrogen (secondary N) is 1. The first kappa shape index (κ1) is 15.3. The van der Waals surface area contributed by atoms with Crippen LogP contribution in [-0.4, -0.2) is 22.9 Å². The molecule has 0 aliphatic carbocycles. The maximum Gasteiger partial charge on any atom is 0.255 e. The third-order valence-corrected chi connectivity index (χ3v) is 3.46. The van der Waals surface area contributed by atoms with E-state index in [1.165, 1.54) is 6.07 Å². The van der Waals surface area contributed by atoms with Gasteiger partial charge in [-0.1, -0.05) is 29.8 Å². The standard InChI is InChI=1S/C13H17BrClNO2/c1-8(2)11(5-6-15)16-13(18)10-7-9(14)3-4-12(10)17/h3-4,7-8,11,17H,5-6H2,1-2H3,(H,16,18). The second kappa shape index (κ2) is 7.00. The monoisotopic (exact) mass is 333 g/mol. The molecular weight excluding hydrogens is 318 g/mol. The molecule has 3 nitrogen and oxygen atoms in total. The van der Waals surface area contributed by atoms with E-state index in [-0.39, 0.29) is 23.3 Å². The Morgan fingerprint density at radius 3 is 2.72 bits per heavy atom. The van der Waals surface area contributed by atoms with E-state index in [2.05, 4.69) is 21.2 Å². The summed E-state index contributed by atoms with van der Waals surface area (Å²) in [5.41, 5.74) is 0.268. The van der Waals surface area contributed by atoms with Crippen LogP contribution in [0, 0.1) is 5.92 Å². The number of carbonyl (C=O) groups is 1. The van der Waals surface area contributed by atoms with Crippen LogP contribution in [0.5, 0.6) is 5.75 Å². The normalized spacial score (nSPS) is 12.5. The van der Waals surface area contributed by atoms with Crippen LogP contribution in [0.15, 0.2) is 22.7 Å². The SMILES string of the molecule is CC(C)C(CCCl)NC(=O)c1cc(Br)ccc1O. The Morgan fingerprint density at radius 1 is 1.50 bits per heavy atom. The minimum atomic E-state index is -0.280. The molecule has 5 heteroatoms. The number of phenolic OH excluding ortho intramolecular Hbond substituents is 1. The molecule has 0 saturated heterocycles. The molecule has 0 fully saturated rings. The van der Waals surface area contributed by atoms with E-state index >= 15 is 0 Å². The van der Waals surface area contributed by atoms with Crippen LogP contribution in [0.2, 0.25) is 0 Å². The maximum absolute atomic E-state index is 12.1. The highest BCUT2D eigenvalue weighted by Crippen LogP contribution is 2.22. The summed E-state index contributed by atoms with van der Waals surface area (Å²) in [7, 11) is 0. The zero-order chi connectivity index (χ0) is 13.7. The number of halogens is 2. The second-order valence-electron chi connectivity index (χ2n) is 4.46.